The van der Waals surface area contributed by atoms with E-state index in [1.165, 1.54) is 32.6 Å². The van der Waals surface area contributed by atoms with Crippen LogP contribution in [0.5, 0.6) is 0 Å². The fourth-order valence-electron chi connectivity index (χ4n) is 4.94. The minimum Gasteiger partial charge on any atom is -0.453 e. The number of benzene rings is 3. The molecular weight excluding hydrogens is 494 g/mol. The molecule has 38 heavy (non-hydrogen) atoms. The maximum absolute atomic E-state index is 13.0. The molecule has 0 saturated heterocycles. The maximum atomic E-state index is 13.0. The summed E-state index contributed by atoms with van der Waals surface area (Å²) in [7, 11) is 0. The van der Waals surface area contributed by atoms with Gasteiger partial charge < -0.3 is 9.25 Å². The molecule has 0 atom stereocenters. The molecule has 1 aliphatic carbocycles. The molecule has 0 unspecified atom stereocenters. The smallest absolute Gasteiger partial charge is 0.331 e. The summed E-state index contributed by atoms with van der Waals surface area (Å²) in [4.78, 5) is 31.4. The van der Waals surface area contributed by atoms with E-state index in [0.717, 1.165) is 50.8 Å². The van der Waals surface area contributed by atoms with Gasteiger partial charge in [0.05, 0.1) is 5.71 Å². The van der Waals surface area contributed by atoms with Crippen molar-refractivity contribution in [1.29, 1.82) is 0 Å². The second-order valence-corrected chi connectivity index (χ2v) is 11.1. The van der Waals surface area contributed by atoms with Gasteiger partial charge in [-0.05, 0) is 85.8 Å². The van der Waals surface area contributed by atoms with E-state index in [0.29, 0.717) is 16.9 Å². The number of rotatable bonds is 9. The number of hydrogen-bond acceptors (Lipinski definition) is 6. The van der Waals surface area contributed by atoms with E-state index in [-0.39, 0.29) is 5.78 Å². The average Bonchev–Trinajstić information content (AvgIpc) is 3.59. The van der Waals surface area contributed by atoms with Crippen molar-refractivity contribution < 1.29 is 18.8 Å². The summed E-state index contributed by atoms with van der Waals surface area (Å²) in [5.41, 5.74) is 4.22. The molecule has 1 aliphatic rings. The molecule has 1 heterocycles. The first-order valence-corrected chi connectivity index (χ1v) is 13.9. The Morgan fingerprint density at radius 2 is 1.58 bits per heavy atom. The zero-order valence-corrected chi connectivity index (χ0v) is 22.6. The Balaban J connectivity index is 1.24. The van der Waals surface area contributed by atoms with E-state index in [2.05, 4.69) is 5.16 Å². The molecule has 1 saturated carbocycles. The van der Waals surface area contributed by atoms with Gasteiger partial charge in [0.25, 0.3) is 0 Å². The van der Waals surface area contributed by atoms with Gasteiger partial charge >= 0.3 is 5.97 Å². The van der Waals surface area contributed by atoms with Gasteiger partial charge in [0.1, 0.15) is 5.58 Å². The van der Waals surface area contributed by atoms with E-state index in [1.54, 1.807) is 11.8 Å². The zero-order valence-electron chi connectivity index (χ0n) is 21.7. The van der Waals surface area contributed by atoms with Crippen LogP contribution in [0.3, 0.4) is 0 Å². The molecule has 0 bridgehead atoms. The Morgan fingerprint density at radius 1 is 0.921 bits per heavy atom. The van der Waals surface area contributed by atoms with E-state index in [1.807, 2.05) is 79.7 Å². The number of carbonyl (C=O) groups excluding carboxylic acids is 2. The normalized spacial score (nSPS) is 14.2. The van der Waals surface area contributed by atoms with Crippen LogP contribution in [0.15, 0.2) is 92.2 Å². The second kappa shape index (κ2) is 11.8. The van der Waals surface area contributed by atoms with Crippen LogP contribution < -0.4 is 0 Å². The topological polar surface area (TPSA) is 68.9 Å². The van der Waals surface area contributed by atoms with Gasteiger partial charge in [0.15, 0.2) is 5.76 Å². The van der Waals surface area contributed by atoms with Crippen molar-refractivity contribution in [2.75, 3.05) is 0 Å². The lowest BCUT2D eigenvalue weighted by molar-refractivity contribution is -0.140. The van der Waals surface area contributed by atoms with Gasteiger partial charge in [-0.15, -0.1) is 0 Å². The van der Waals surface area contributed by atoms with Crippen molar-refractivity contribution in [1.82, 2.24) is 0 Å². The fourth-order valence-corrected chi connectivity index (χ4v) is 5.76. The predicted molar refractivity (Wildman–Crippen MR) is 151 cm³/mol. The number of oxime groups is 1. The first-order chi connectivity index (χ1) is 18.4. The van der Waals surface area contributed by atoms with Gasteiger partial charge in [-0.25, -0.2) is 4.79 Å². The molecule has 194 valence electrons. The summed E-state index contributed by atoms with van der Waals surface area (Å²) >= 11 is 1.62. The lowest BCUT2D eigenvalue weighted by Crippen LogP contribution is -2.07. The first-order valence-electron chi connectivity index (χ1n) is 13.1. The number of nitrogens with zero attached hydrogens (tertiary/aromatic N) is 1. The standard InChI is InChI=1S/C32H31NO4S/c1-21-7-18-30-26(19-21)20-31(36-30)32(35)25-11-15-28(16-12-25)38-27-13-9-24(10-14-27)29(33-37-22(2)34)17-8-23-5-3-4-6-23/h7,9-16,18-20,23H,3-6,8,17H2,1-2H3/b33-29-. The highest BCUT2D eigenvalue weighted by Gasteiger charge is 2.17. The molecule has 0 radical (unpaired) electrons. The van der Waals surface area contributed by atoms with Crippen molar-refractivity contribution >= 4 is 40.2 Å². The molecule has 5 nitrogen and oxygen atoms in total. The zero-order chi connectivity index (χ0) is 26.5. The largest absolute Gasteiger partial charge is 0.453 e. The van der Waals surface area contributed by atoms with Gasteiger partial charge in [0, 0.05) is 27.7 Å². The van der Waals surface area contributed by atoms with Crippen LogP contribution in [0.1, 0.15) is 72.7 Å². The van der Waals surface area contributed by atoms with Gasteiger partial charge in [-0.3, -0.25) is 4.79 Å². The van der Waals surface area contributed by atoms with Crippen molar-refractivity contribution in [2.24, 2.45) is 11.1 Å². The minimum absolute atomic E-state index is 0.128. The third-order valence-corrected chi connectivity index (χ3v) is 8.00. The van der Waals surface area contributed by atoms with E-state index in [9.17, 15) is 9.59 Å². The molecule has 1 aromatic heterocycles. The van der Waals surface area contributed by atoms with Crippen molar-refractivity contribution in [2.45, 2.75) is 62.2 Å². The van der Waals surface area contributed by atoms with Gasteiger partial charge in [-0.1, -0.05) is 66.4 Å². The van der Waals surface area contributed by atoms with Crippen LogP contribution >= 0.6 is 11.8 Å². The van der Waals surface area contributed by atoms with Gasteiger partial charge in [0.2, 0.25) is 5.78 Å². The number of carbonyl (C=O) groups is 2. The summed E-state index contributed by atoms with van der Waals surface area (Å²) in [5, 5.41) is 5.09. The van der Waals surface area contributed by atoms with Crippen molar-refractivity contribution in [3.8, 4) is 0 Å². The second-order valence-electron chi connectivity index (χ2n) is 9.94. The van der Waals surface area contributed by atoms with Crippen LogP contribution in [0.2, 0.25) is 0 Å². The quantitative estimate of drug-likeness (QED) is 0.0950. The van der Waals surface area contributed by atoms with Crippen LogP contribution in [0.4, 0.5) is 0 Å². The summed E-state index contributed by atoms with van der Waals surface area (Å²) < 4.78 is 5.78. The Bertz CT molecular complexity index is 1460. The Labute approximate surface area is 227 Å². The Kier molecular flexibility index (Phi) is 8.08. The Hall–Kier alpha value is -3.64. The molecular formula is C32H31NO4S. The molecule has 1 fully saturated rings. The highest BCUT2D eigenvalue weighted by atomic mass is 32.2. The summed E-state index contributed by atoms with van der Waals surface area (Å²) in [6.07, 6.45) is 7.03. The van der Waals surface area contributed by atoms with E-state index in [4.69, 9.17) is 9.25 Å². The van der Waals surface area contributed by atoms with Crippen LogP contribution in [0, 0.1) is 12.8 Å². The number of fused-ring (bicyclic) bond motifs is 1. The number of ketones is 1. The van der Waals surface area contributed by atoms with Crippen LogP contribution in [-0.4, -0.2) is 17.5 Å². The fraction of sp³-hybridized carbons (Fsp3) is 0.281. The van der Waals surface area contributed by atoms with Crippen molar-refractivity contribution in [3.63, 3.8) is 0 Å². The summed E-state index contributed by atoms with van der Waals surface area (Å²) in [6.45, 7) is 3.39. The molecule has 5 rings (SSSR count). The number of hydrogen-bond donors (Lipinski definition) is 0. The monoisotopic (exact) mass is 525 g/mol. The maximum Gasteiger partial charge on any atom is 0.331 e. The van der Waals surface area contributed by atoms with Crippen LogP contribution in [0.25, 0.3) is 11.0 Å². The molecule has 3 aromatic carbocycles. The lowest BCUT2D eigenvalue weighted by atomic mass is 9.97. The van der Waals surface area contributed by atoms with Crippen molar-refractivity contribution in [3.05, 3.63) is 95.2 Å². The summed E-state index contributed by atoms with van der Waals surface area (Å²) in [5.74, 6) is 0.545. The number of furan rings is 1. The van der Waals surface area contributed by atoms with E-state index >= 15 is 0 Å². The van der Waals surface area contributed by atoms with Gasteiger partial charge in [-0.2, -0.15) is 0 Å². The average molecular weight is 526 g/mol. The highest BCUT2D eigenvalue weighted by molar-refractivity contribution is 7.99. The van der Waals surface area contributed by atoms with Crippen LogP contribution in [-0.2, 0) is 9.63 Å². The SMILES string of the molecule is CC(=O)O/N=C(/CCC1CCCC1)c1ccc(Sc2ccc(C(=O)c3cc4cc(C)ccc4o3)cc2)cc1. The minimum atomic E-state index is -0.409. The molecule has 0 aliphatic heterocycles. The highest BCUT2D eigenvalue weighted by Crippen LogP contribution is 2.31. The molecule has 0 spiro atoms. The first kappa shape index (κ1) is 26.0. The molecule has 0 amide bonds. The predicted octanol–water partition coefficient (Wildman–Crippen LogP) is 8.36. The third-order valence-electron chi connectivity index (χ3n) is 6.98. The molecule has 0 N–H and O–H groups in total. The Morgan fingerprint density at radius 3 is 2.24 bits per heavy atom. The lowest BCUT2D eigenvalue weighted by Gasteiger charge is -2.11. The number of aryl methyl sites for hydroxylation is 1. The third kappa shape index (κ3) is 6.43. The molecule has 6 heteroatoms. The van der Waals surface area contributed by atoms with E-state index < -0.39 is 5.97 Å². The summed E-state index contributed by atoms with van der Waals surface area (Å²) in [6, 6.07) is 23.4. The molecule has 4 aromatic rings.